The molecule has 16 heavy (non-hydrogen) atoms. The topological polar surface area (TPSA) is 6.48 Å². The van der Waals surface area contributed by atoms with Gasteiger partial charge in [0.15, 0.2) is 0 Å². The highest BCUT2D eigenvalue weighted by Gasteiger charge is 2.25. The standard InChI is InChI=1S/C12H10I2N2/c1-15-9-4-2-3-5-11(9)16(13)12-8-14-7-6-10(12)15/h2-8H,1H3. The van der Waals surface area contributed by atoms with Gasteiger partial charge in [0, 0.05) is 7.05 Å². The second-order valence-electron chi connectivity index (χ2n) is 3.63. The van der Waals surface area contributed by atoms with Crippen LogP contribution in [-0.4, -0.2) is 11.1 Å². The van der Waals surface area contributed by atoms with Gasteiger partial charge >= 0.3 is 0 Å². The van der Waals surface area contributed by atoms with Crippen LogP contribution in [0.3, 0.4) is 0 Å². The summed E-state index contributed by atoms with van der Waals surface area (Å²) in [5.74, 6) is 0. The largest absolute Gasteiger partial charge is 0.341 e. The molecule has 0 unspecified atom stereocenters. The molecular formula is C12H10I2N2. The minimum Gasteiger partial charge on any atom is -0.341 e. The van der Waals surface area contributed by atoms with Gasteiger partial charge in [0.05, 0.1) is 45.6 Å². The number of anilines is 2. The molecule has 1 aromatic carbocycles. The highest BCUT2D eigenvalue weighted by molar-refractivity contribution is 14.2. The van der Waals surface area contributed by atoms with Crippen LogP contribution in [0.4, 0.5) is 11.4 Å². The van der Waals surface area contributed by atoms with Gasteiger partial charge in [0.2, 0.25) is 0 Å². The predicted octanol–water partition coefficient (Wildman–Crippen LogP) is 3.80. The Morgan fingerprint density at radius 1 is 1.12 bits per heavy atom. The monoisotopic (exact) mass is 436 g/mol. The number of fused-ring (bicyclic) bond motifs is 1. The molecule has 0 radical (unpaired) electrons. The first-order valence-corrected chi connectivity index (χ1v) is 8.39. The molecule has 2 nitrogen and oxygen atoms in total. The summed E-state index contributed by atoms with van der Waals surface area (Å²) in [6.45, 7) is 0. The van der Waals surface area contributed by atoms with Crippen LogP contribution in [0.1, 0.15) is 0 Å². The zero-order valence-corrected chi connectivity index (χ0v) is 13.0. The Bertz CT molecular complexity index is 485. The zero-order valence-electron chi connectivity index (χ0n) is 8.69. The van der Waals surface area contributed by atoms with E-state index in [9.17, 15) is 0 Å². The molecule has 0 spiro atoms. The highest BCUT2D eigenvalue weighted by atomic mass is 127. The van der Waals surface area contributed by atoms with Gasteiger partial charge < -0.3 is 4.90 Å². The minimum atomic E-state index is 0.0951. The van der Waals surface area contributed by atoms with Crippen molar-refractivity contribution in [2.24, 2.45) is 0 Å². The average molecular weight is 436 g/mol. The van der Waals surface area contributed by atoms with Crippen molar-refractivity contribution in [3.63, 3.8) is 0 Å². The molecular weight excluding hydrogens is 426 g/mol. The van der Waals surface area contributed by atoms with Crippen LogP contribution < -0.4 is 8.01 Å². The van der Waals surface area contributed by atoms with Crippen LogP contribution in [0.2, 0.25) is 0 Å². The Hall–Kier alpha value is -0.370. The first-order valence-electron chi connectivity index (χ1n) is 4.94. The van der Waals surface area contributed by atoms with Crippen LogP contribution in [0.25, 0.3) is 0 Å². The number of allylic oxidation sites excluding steroid dienone is 2. The number of halogens is 2. The Kier molecular flexibility index (Phi) is 2.78. The van der Waals surface area contributed by atoms with Crippen molar-refractivity contribution < 1.29 is 0 Å². The van der Waals surface area contributed by atoms with E-state index in [-0.39, 0.29) is 20.7 Å². The molecule has 4 heteroatoms. The summed E-state index contributed by atoms with van der Waals surface area (Å²) < 4.78 is 6.96. The van der Waals surface area contributed by atoms with Gasteiger partial charge in [0.1, 0.15) is 0 Å². The third-order valence-electron chi connectivity index (χ3n) is 2.75. The lowest BCUT2D eigenvalue weighted by Crippen LogP contribution is -2.29. The summed E-state index contributed by atoms with van der Waals surface area (Å²) in [4.78, 5) is 2.27. The van der Waals surface area contributed by atoms with Gasteiger partial charge in [0.25, 0.3) is 0 Å². The lowest BCUT2D eigenvalue weighted by molar-refractivity contribution is 1.08. The summed E-state index contributed by atoms with van der Waals surface area (Å²) in [7, 11) is 2.14. The fraction of sp³-hybridized carbons (Fsp3) is 0.0833. The fourth-order valence-electron chi connectivity index (χ4n) is 1.93. The smallest absolute Gasteiger partial charge is 0.0805 e. The van der Waals surface area contributed by atoms with E-state index < -0.39 is 0 Å². The fourth-order valence-corrected chi connectivity index (χ4v) is 4.96. The Morgan fingerprint density at radius 2 is 1.88 bits per heavy atom. The van der Waals surface area contributed by atoms with Gasteiger partial charge in [-0.15, -0.1) is 0 Å². The molecule has 1 aromatic rings. The maximum absolute atomic E-state index is 2.39. The molecule has 0 aromatic heterocycles. The zero-order chi connectivity index (χ0) is 11.1. The van der Waals surface area contributed by atoms with Crippen LogP contribution in [0, 0.1) is 0 Å². The van der Waals surface area contributed by atoms with E-state index in [0.29, 0.717) is 0 Å². The number of nitrogens with zero attached hydrogens (tertiary/aromatic N) is 2. The van der Waals surface area contributed by atoms with E-state index in [1.165, 1.54) is 22.8 Å². The van der Waals surface area contributed by atoms with Crippen molar-refractivity contribution in [2.45, 2.75) is 0 Å². The third kappa shape index (κ3) is 1.54. The highest BCUT2D eigenvalue weighted by Crippen LogP contribution is 2.42. The molecule has 0 aliphatic carbocycles. The molecule has 0 saturated carbocycles. The first kappa shape index (κ1) is 10.8. The molecule has 0 amide bonds. The third-order valence-corrected chi connectivity index (χ3v) is 5.51. The van der Waals surface area contributed by atoms with Crippen molar-refractivity contribution in [2.75, 3.05) is 15.1 Å². The van der Waals surface area contributed by atoms with Gasteiger partial charge in [-0.3, -0.25) is 3.11 Å². The number of hydrogen-bond acceptors (Lipinski definition) is 2. The summed E-state index contributed by atoms with van der Waals surface area (Å²) in [5.41, 5.74) is 5.20. The van der Waals surface area contributed by atoms with Crippen LogP contribution in [0.5, 0.6) is 0 Å². The molecule has 82 valence electrons. The predicted molar refractivity (Wildman–Crippen MR) is 87.6 cm³/mol. The van der Waals surface area contributed by atoms with E-state index in [1.54, 1.807) is 0 Å². The Morgan fingerprint density at radius 3 is 2.69 bits per heavy atom. The lowest BCUT2D eigenvalue weighted by atomic mass is 10.1. The van der Waals surface area contributed by atoms with Crippen molar-refractivity contribution in [3.05, 3.63) is 45.8 Å². The molecule has 0 saturated heterocycles. The van der Waals surface area contributed by atoms with E-state index >= 15 is 0 Å². The van der Waals surface area contributed by atoms with Gasteiger partial charge in [-0.1, -0.05) is 32.9 Å². The van der Waals surface area contributed by atoms with Crippen LogP contribution in [0.15, 0.2) is 45.8 Å². The summed E-state index contributed by atoms with van der Waals surface area (Å²) in [6, 6.07) is 8.53. The second kappa shape index (κ2) is 4.14. The maximum Gasteiger partial charge on any atom is 0.0805 e. The minimum absolute atomic E-state index is 0.0951. The molecule has 2 heterocycles. The number of benzene rings is 1. The molecule has 2 aliphatic heterocycles. The average Bonchev–Trinajstić information content (AvgIpc) is 2.36. The SMILES string of the molecule is CN1C2=C(C=IC=C2)N(I)c2ccccc21. The summed E-state index contributed by atoms with van der Waals surface area (Å²) >= 11 is 2.49. The van der Waals surface area contributed by atoms with Crippen LogP contribution >= 0.6 is 43.6 Å². The second-order valence-corrected chi connectivity index (χ2v) is 6.65. The number of rotatable bonds is 0. The van der Waals surface area contributed by atoms with Crippen molar-refractivity contribution in [1.29, 1.82) is 0 Å². The van der Waals surface area contributed by atoms with Crippen molar-refractivity contribution >= 4 is 59.0 Å². The van der Waals surface area contributed by atoms with E-state index in [2.05, 4.69) is 76.4 Å². The summed E-state index contributed by atoms with van der Waals surface area (Å²) in [6.07, 6.45) is 2.25. The van der Waals surface area contributed by atoms with E-state index in [1.807, 2.05) is 0 Å². The Labute approximate surface area is 119 Å². The molecule has 0 atom stereocenters. The summed E-state index contributed by atoms with van der Waals surface area (Å²) in [5, 5.41) is 0. The van der Waals surface area contributed by atoms with Gasteiger partial charge in [-0.2, -0.15) is 0 Å². The molecule has 2 aliphatic rings. The normalized spacial score (nSPS) is 18.1. The van der Waals surface area contributed by atoms with Gasteiger partial charge in [-0.25, -0.2) is 0 Å². The van der Waals surface area contributed by atoms with Crippen molar-refractivity contribution in [3.8, 4) is 0 Å². The molecule has 0 N–H and O–H groups in total. The number of likely N-dealkylation sites (N-methyl/N-ethyl adjacent to an activating group) is 1. The van der Waals surface area contributed by atoms with E-state index in [4.69, 9.17) is 0 Å². The number of hydrogen-bond donors (Lipinski definition) is 0. The first-order chi connectivity index (χ1) is 7.79. The Balaban J connectivity index is 2.23. The quantitative estimate of drug-likeness (QED) is 0.451. The van der Waals surface area contributed by atoms with Crippen LogP contribution in [-0.2, 0) is 0 Å². The molecule has 0 fully saturated rings. The lowest BCUT2D eigenvalue weighted by Gasteiger charge is -2.35. The molecule has 3 rings (SSSR count). The molecule has 0 bridgehead atoms. The van der Waals surface area contributed by atoms with Crippen molar-refractivity contribution in [1.82, 2.24) is 0 Å². The number of para-hydroxylation sites is 2. The van der Waals surface area contributed by atoms with E-state index in [0.717, 1.165) is 0 Å². The maximum atomic E-state index is 2.39. The van der Waals surface area contributed by atoms with Gasteiger partial charge in [-0.05, 0) is 26.3 Å².